The lowest BCUT2D eigenvalue weighted by atomic mass is 10.0. The van der Waals surface area contributed by atoms with E-state index in [0.29, 0.717) is 5.82 Å². The summed E-state index contributed by atoms with van der Waals surface area (Å²) in [6.45, 7) is 0. The number of rotatable bonds is 5. The molecule has 12 aromatic rings. The van der Waals surface area contributed by atoms with Crippen molar-refractivity contribution < 1.29 is 0 Å². The van der Waals surface area contributed by atoms with Gasteiger partial charge in [0.2, 0.25) is 0 Å². The lowest BCUT2D eigenvalue weighted by molar-refractivity contribution is 1.17. The Morgan fingerprint density at radius 3 is 1.69 bits per heavy atom. The molecule has 0 saturated carbocycles. The SMILES string of the molecule is c1ccc(-c2cc(-c3ccccc3)nc(-c3cccc4cc(-n5c6ccccc6c6cc7c8c9ccccc9ccc8n(-c8ccccc8)c7cc65)ccc34)n2)cc1. The predicted molar refractivity (Wildman–Crippen MR) is 242 cm³/mol. The molecule has 0 aliphatic heterocycles. The molecule has 0 fully saturated rings. The summed E-state index contributed by atoms with van der Waals surface area (Å²) in [5.74, 6) is 0.707. The van der Waals surface area contributed by atoms with Crippen molar-refractivity contribution in [2.45, 2.75) is 0 Å². The summed E-state index contributed by atoms with van der Waals surface area (Å²) in [5, 5.41) is 9.74. The van der Waals surface area contributed by atoms with Gasteiger partial charge in [-0.1, -0.05) is 152 Å². The third-order valence-electron chi connectivity index (χ3n) is 11.7. The fourth-order valence-corrected chi connectivity index (χ4v) is 9.07. The highest BCUT2D eigenvalue weighted by atomic mass is 15.0. The second kappa shape index (κ2) is 12.9. The van der Waals surface area contributed by atoms with Gasteiger partial charge in [0.15, 0.2) is 5.82 Å². The molecule has 4 nitrogen and oxygen atoms in total. The Hall–Kier alpha value is -7.82. The Balaban J connectivity index is 1.09. The van der Waals surface area contributed by atoms with Gasteiger partial charge < -0.3 is 9.13 Å². The van der Waals surface area contributed by atoms with E-state index in [2.05, 4.69) is 203 Å². The smallest absolute Gasteiger partial charge is 0.161 e. The van der Waals surface area contributed by atoms with E-state index in [9.17, 15) is 0 Å². The monoisotopic (exact) mass is 738 g/mol. The van der Waals surface area contributed by atoms with Crippen LogP contribution in [-0.4, -0.2) is 19.1 Å². The highest BCUT2D eigenvalue weighted by Crippen LogP contribution is 2.42. The van der Waals surface area contributed by atoms with Gasteiger partial charge in [0.1, 0.15) is 0 Å². The topological polar surface area (TPSA) is 35.6 Å². The second-order valence-electron chi connectivity index (χ2n) is 15.0. The van der Waals surface area contributed by atoms with E-state index in [1.165, 1.54) is 54.4 Å². The minimum atomic E-state index is 0.707. The second-order valence-corrected chi connectivity index (χ2v) is 15.0. The van der Waals surface area contributed by atoms with E-state index in [4.69, 9.17) is 9.97 Å². The quantitative estimate of drug-likeness (QED) is 0.176. The number of para-hydroxylation sites is 2. The highest BCUT2D eigenvalue weighted by Gasteiger charge is 2.20. The molecule has 0 radical (unpaired) electrons. The molecular formula is C54H34N4. The molecule has 3 heterocycles. The summed E-state index contributed by atoms with van der Waals surface area (Å²) < 4.78 is 4.86. The average Bonchev–Trinajstić information content (AvgIpc) is 3.80. The molecular weight excluding hydrogens is 705 g/mol. The maximum absolute atomic E-state index is 5.18. The van der Waals surface area contributed by atoms with Crippen LogP contribution >= 0.6 is 0 Å². The molecule has 9 aromatic carbocycles. The standard InChI is InChI=1S/C54H34N4/c1-4-16-36(17-5-1)47-33-48(37-18-6-2-7-19-37)56-54(55-47)44-25-14-20-38-31-40(28-29-41(38)44)58-49-26-13-12-24-43(49)45-32-46-52(34-51(45)58)57(39-21-8-3-9-22-39)50-30-27-35-15-10-11-23-42(35)53(46)50/h1-34H. The van der Waals surface area contributed by atoms with Crippen molar-refractivity contribution in [2.75, 3.05) is 0 Å². The van der Waals surface area contributed by atoms with Crippen molar-refractivity contribution >= 4 is 65.2 Å². The Morgan fingerprint density at radius 1 is 0.310 bits per heavy atom. The van der Waals surface area contributed by atoms with Gasteiger partial charge in [-0.15, -0.1) is 0 Å². The molecule has 0 amide bonds. The molecule has 0 aliphatic rings. The minimum Gasteiger partial charge on any atom is -0.309 e. The number of hydrogen-bond acceptors (Lipinski definition) is 2. The van der Waals surface area contributed by atoms with Crippen molar-refractivity contribution in [3.05, 3.63) is 206 Å². The largest absolute Gasteiger partial charge is 0.309 e. The van der Waals surface area contributed by atoms with Crippen LogP contribution in [0.2, 0.25) is 0 Å². The van der Waals surface area contributed by atoms with Gasteiger partial charge in [-0.3, -0.25) is 0 Å². The summed E-state index contributed by atoms with van der Waals surface area (Å²) >= 11 is 0. The molecule has 270 valence electrons. The van der Waals surface area contributed by atoms with E-state index in [-0.39, 0.29) is 0 Å². The van der Waals surface area contributed by atoms with Crippen molar-refractivity contribution in [3.63, 3.8) is 0 Å². The third-order valence-corrected chi connectivity index (χ3v) is 11.7. The Kier molecular flexibility index (Phi) is 7.20. The molecule has 4 heteroatoms. The van der Waals surface area contributed by atoms with E-state index < -0.39 is 0 Å². The minimum absolute atomic E-state index is 0.707. The fraction of sp³-hybridized carbons (Fsp3) is 0. The Morgan fingerprint density at radius 2 is 0.931 bits per heavy atom. The van der Waals surface area contributed by atoms with Crippen molar-refractivity contribution in [1.82, 2.24) is 19.1 Å². The summed E-state index contributed by atoms with van der Waals surface area (Å²) in [6, 6.07) is 73.8. The lowest BCUT2D eigenvalue weighted by Gasteiger charge is -2.13. The van der Waals surface area contributed by atoms with Crippen LogP contribution in [0, 0.1) is 0 Å². The number of aromatic nitrogens is 4. The molecule has 12 rings (SSSR count). The maximum Gasteiger partial charge on any atom is 0.161 e. The number of fused-ring (bicyclic) bond motifs is 9. The molecule has 0 atom stereocenters. The van der Waals surface area contributed by atoms with Crippen LogP contribution in [0.15, 0.2) is 206 Å². The summed E-state index contributed by atoms with van der Waals surface area (Å²) in [7, 11) is 0. The van der Waals surface area contributed by atoms with E-state index in [0.717, 1.165) is 50.2 Å². The van der Waals surface area contributed by atoms with E-state index >= 15 is 0 Å². The Labute approximate surface area is 334 Å². The first kappa shape index (κ1) is 32.4. The first-order valence-corrected chi connectivity index (χ1v) is 19.7. The first-order chi connectivity index (χ1) is 28.8. The van der Waals surface area contributed by atoms with Crippen LogP contribution < -0.4 is 0 Å². The Bertz CT molecular complexity index is 3490. The molecule has 0 spiro atoms. The summed E-state index contributed by atoms with van der Waals surface area (Å²) in [5.41, 5.74) is 11.9. The zero-order valence-corrected chi connectivity index (χ0v) is 31.4. The fourth-order valence-electron chi connectivity index (χ4n) is 9.07. The van der Waals surface area contributed by atoms with Crippen LogP contribution in [0.4, 0.5) is 0 Å². The number of benzene rings is 9. The first-order valence-electron chi connectivity index (χ1n) is 19.7. The van der Waals surface area contributed by atoms with Gasteiger partial charge in [-0.25, -0.2) is 9.97 Å². The highest BCUT2D eigenvalue weighted by molar-refractivity contribution is 6.25. The van der Waals surface area contributed by atoms with Gasteiger partial charge in [-0.2, -0.15) is 0 Å². The van der Waals surface area contributed by atoms with Crippen molar-refractivity contribution in [2.24, 2.45) is 0 Å². The average molecular weight is 739 g/mol. The number of hydrogen-bond donors (Lipinski definition) is 0. The normalized spacial score (nSPS) is 11.8. The van der Waals surface area contributed by atoms with Gasteiger partial charge >= 0.3 is 0 Å². The molecule has 58 heavy (non-hydrogen) atoms. The molecule has 3 aromatic heterocycles. The van der Waals surface area contributed by atoms with Gasteiger partial charge in [0.25, 0.3) is 0 Å². The van der Waals surface area contributed by atoms with Crippen LogP contribution in [-0.2, 0) is 0 Å². The number of nitrogens with zero attached hydrogens (tertiary/aromatic N) is 4. The molecule has 0 N–H and O–H groups in total. The van der Waals surface area contributed by atoms with Crippen LogP contribution in [0.1, 0.15) is 0 Å². The summed E-state index contributed by atoms with van der Waals surface area (Å²) in [4.78, 5) is 10.4. The summed E-state index contributed by atoms with van der Waals surface area (Å²) in [6.07, 6.45) is 0. The van der Waals surface area contributed by atoms with Crippen LogP contribution in [0.3, 0.4) is 0 Å². The molecule has 0 unspecified atom stereocenters. The van der Waals surface area contributed by atoms with Crippen LogP contribution in [0.5, 0.6) is 0 Å². The maximum atomic E-state index is 5.18. The van der Waals surface area contributed by atoms with Crippen molar-refractivity contribution in [1.29, 1.82) is 0 Å². The third kappa shape index (κ3) is 5.02. The lowest BCUT2D eigenvalue weighted by Crippen LogP contribution is -1.98. The van der Waals surface area contributed by atoms with Gasteiger partial charge in [0, 0.05) is 49.6 Å². The van der Waals surface area contributed by atoms with Gasteiger partial charge in [0.05, 0.1) is 33.5 Å². The molecule has 0 aliphatic carbocycles. The molecule has 0 bridgehead atoms. The zero-order chi connectivity index (χ0) is 38.2. The van der Waals surface area contributed by atoms with Gasteiger partial charge in [-0.05, 0) is 76.1 Å². The molecule has 0 saturated heterocycles. The zero-order valence-electron chi connectivity index (χ0n) is 31.4. The predicted octanol–water partition coefficient (Wildman–Crippen LogP) is 14.0. The van der Waals surface area contributed by atoms with E-state index in [1.54, 1.807) is 0 Å². The van der Waals surface area contributed by atoms with Crippen molar-refractivity contribution in [3.8, 4) is 45.3 Å². The van der Waals surface area contributed by atoms with Crippen LogP contribution in [0.25, 0.3) is 110 Å². The van der Waals surface area contributed by atoms with E-state index in [1.807, 2.05) is 12.1 Å².